The second-order valence-electron chi connectivity index (χ2n) is 9.18. The molecule has 4 rings (SSSR count). The summed E-state index contributed by atoms with van der Waals surface area (Å²) in [6.07, 6.45) is 13.9. The summed E-state index contributed by atoms with van der Waals surface area (Å²) >= 11 is 3.17. The monoisotopic (exact) mass is 483 g/mol. The van der Waals surface area contributed by atoms with Crippen molar-refractivity contribution in [1.82, 2.24) is 0 Å². The maximum atomic E-state index is 11.1. The topological polar surface area (TPSA) is 58.6 Å². The van der Waals surface area contributed by atoms with Crippen LogP contribution >= 0.6 is 23.3 Å². The number of rotatable bonds is 6. The maximum absolute atomic E-state index is 11.1. The number of carboxylic acids is 1. The molecule has 0 unspecified atom stereocenters. The van der Waals surface area contributed by atoms with Gasteiger partial charge in [0.05, 0.1) is 27.4 Å². The normalized spacial score (nSPS) is 21.5. The van der Waals surface area contributed by atoms with Crippen LogP contribution in [0.2, 0.25) is 0 Å². The second-order valence-corrected chi connectivity index (χ2v) is 11.4. The van der Waals surface area contributed by atoms with Gasteiger partial charge in [0.25, 0.3) is 0 Å². The number of ether oxygens (including phenoxy) is 1. The van der Waals surface area contributed by atoms with Crippen molar-refractivity contribution in [1.29, 1.82) is 0 Å². The van der Waals surface area contributed by atoms with Gasteiger partial charge in [-0.25, -0.2) is 4.79 Å². The summed E-state index contributed by atoms with van der Waals surface area (Å²) in [7, 11) is 1.54. The van der Waals surface area contributed by atoms with Gasteiger partial charge in [-0.3, -0.25) is 0 Å². The lowest BCUT2D eigenvalue weighted by Crippen LogP contribution is -2.21. The Balaban J connectivity index is 1.27. The summed E-state index contributed by atoms with van der Waals surface area (Å²) in [6.45, 7) is 0. The average Bonchev–Trinajstić information content (AvgIpc) is 3.12. The Morgan fingerprint density at radius 1 is 1.03 bits per heavy atom. The second kappa shape index (κ2) is 11.9. The van der Waals surface area contributed by atoms with Gasteiger partial charge in [-0.2, -0.15) is 0 Å². The highest BCUT2D eigenvalue weighted by Gasteiger charge is 2.27. The van der Waals surface area contributed by atoms with Crippen LogP contribution in [0.15, 0.2) is 34.5 Å². The molecule has 0 bridgehead atoms. The predicted octanol–water partition coefficient (Wildman–Crippen LogP) is 7.70. The van der Waals surface area contributed by atoms with Gasteiger partial charge in [-0.15, -0.1) is 11.3 Å². The summed E-state index contributed by atoms with van der Waals surface area (Å²) in [5.74, 6) is 8.98. The van der Waals surface area contributed by atoms with Gasteiger partial charge >= 0.3 is 5.97 Å². The Kier molecular flexibility index (Phi) is 8.63. The molecular formula is C27H33NO3S2. The zero-order valence-electron chi connectivity index (χ0n) is 19.3. The Morgan fingerprint density at radius 3 is 2.45 bits per heavy atom. The van der Waals surface area contributed by atoms with E-state index in [1.165, 1.54) is 82.2 Å². The maximum Gasteiger partial charge on any atom is 0.335 e. The SMILES string of the molecule is COc1cc(C(=O)O)ccc1NSc1ccc(C#CC2CCC(C3CCCCCC3)CC2)s1. The molecule has 0 amide bonds. The molecule has 1 aromatic carbocycles. The third-order valence-corrected chi connectivity index (χ3v) is 8.98. The number of carboxylic acid groups (broad SMARTS) is 1. The van der Waals surface area contributed by atoms with Crippen molar-refractivity contribution in [3.63, 3.8) is 0 Å². The standard InChI is InChI=1S/C27H33NO3S2/c1-31-25-18-22(27(29)30)13-16-24(25)28-33-26-17-15-23(32-26)14-10-19-8-11-21(12-9-19)20-6-4-2-3-5-7-20/h13,15-21,28H,2-9,11-12H2,1H3,(H,29,30). The van der Waals surface area contributed by atoms with E-state index in [-0.39, 0.29) is 5.56 Å². The molecule has 1 aromatic heterocycles. The van der Waals surface area contributed by atoms with Crippen LogP contribution in [-0.4, -0.2) is 18.2 Å². The summed E-state index contributed by atoms with van der Waals surface area (Å²) in [4.78, 5) is 12.2. The van der Waals surface area contributed by atoms with Gasteiger partial charge in [-0.05, 0) is 79.8 Å². The van der Waals surface area contributed by atoms with Crippen molar-refractivity contribution in [2.45, 2.75) is 68.4 Å². The van der Waals surface area contributed by atoms with Gasteiger partial charge in [0.2, 0.25) is 0 Å². The van der Waals surface area contributed by atoms with Crippen molar-refractivity contribution in [2.75, 3.05) is 11.8 Å². The van der Waals surface area contributed by atoms with Gasteiger partial charge in [-0.1, -0.05) is 50.4 Å². The number of aromatic carboxylic acids is 1. The average molecular weight is 484 g/mol. The Bertz CT molecular complexity index is 990. The molecule has 2 aliphatic carbocycles. The number of carbonyl (C=O) groups is 1. The molecule has 0 aliphatic heterocycles. The minimum absolute atomic E-state index is 0.208. The van der Waals surface area contributed by atoms with Crippen LogP contribution in [0.3, 0.4) is 0 Å². The molecule has 0 saturated heterocycles. The quantitative estimate of drug-likeness (QED) is 0.250. The first kappa shape index (κ1) is 24.0. The van der Waals surface area contributed by atoms with E-state index >= 15 is 0 Å². The molecule has 2 N–H and O–H groups in total. The first-order valence-corrected chi connectivity index (χ1v) is 13.7. The highest BCUT2D eigenvalue weighted by molar-refractivity contribution is 8.02. The van der Waals surface area contributed by atoms with Gasteiger partial charge in [0.15, 0.2) is 0 Å². The Labute approximate surface area is 205 Å². The van der Waals surface area contributed by atoms with Crippen LogP contribution < -0.4 is 9.46 Å². The summed E-state index contributed by atoms with van der Waals surface area (Å²) in [6, 6.07) is 9.00. The van der Waals surface area contributed by atoms with E-state index in [0.717, 1.165) is 26.6 Å². The minimum atomic E-state index is -0.966. The fourth-order valence-electron chi connectivity index (χ4n) is 5.15. The van der Waals surface area contributed by atoms with Crippen LogP contribution in [-0.2, 0) is 0 Å². The Morgan fingerprint density at radius 2 is 1.76 bits per heavy atom. The van der Waals surface area contributed by atoms with Crippen LogP contribution in [0.4, 0.5) is 5.69 Å². The fraction of sp³-hybridized carbons (Fsp3) is 0.519. The summed E-state index contributed by atoms with van der Waals surface area (Å²) < 4.78 is 9.71. The Hall–Kier alpha value is -2.10. The molecule has 33 heavy (non-hydrogen) atoms. The molecule has 2 aromatic rings. The molecule has 2 fully saturated rings. The molecule has 0 atom stereocenters. The highest BCUT2D eigenvalue weighted by atomic mass is 32.2. The van der Waals surface area contributed by atoms with Gasteiger partial charge < -0.3 is 14.6 Å². The first-order chi connectivity index (χ1) is 16.1. The number of thiophene rings is 1. The molecule has 176 valence electrons. The first-order valence-electron chi connectivity index (χ1n) is 12.1. The molecule has 1 heterocycles. The number of anilines is 1. The predicted molar refractivity (Wildman–Crippen MR) is 137 cm³/mol. The molecular weight excluding hydrogens is 450 g/mol. The number of methoxy groups -OCH3 is 1. The van der Waals surface area contributed by atoms with Gasteiger partial charge in [0, 0.05) is 5.92 Å². The van der Waals surface area contributed by atoms with E-state index in [4.69, 9.17) is 9.84 Å². The number of nitrogens with one attached hydrogen (secondary N) is 1. The largest absolute Gasteiger partial charge is 0.495 e. The highest BCUT2D eigenvalue weighted by Crippen LogP contribution is 2.39. The van der Waals surface area contributed by atoms with E-state index in [1.807, 2.05) is 0 Å². The van der Waals surface area contributed by atoms with Crippen molar-refractivity contribution < 1.29 is 14.6 Å². The van der Waals surface area contributed by atoms with E-state index in [1.54, 1.807) is 30.6 Å². The van der Waals surface area contributed by atoms with E-state index < -0.39 is 5.97 Å². The van der Waals surface area contributed by atoms with E-state index in [0.29, 0.717) is 11.7 Å². The zero-order valence-corrected chi connectivity index (χ0v) is 20.9. The third-order valence-electron chi connectivity index (χ3n) is 7.03. The van der Waals surface area contributed by atoms with Crippen molar-refractivity contribution in [2.24, 2.45) is 17.8 Å². The third kappa shape index (κ3) is 6.71. The van der Waals surface area contributed by atoms with Crippen molar-refractivity contribution in [3.8, 4) is 17.6 Å². The summed E-state index contributed by atoms with van der Waals surface area (Å²) in [5, 5.41) is 9.14. The van der Waals surface area contributed by atoms with Crippen LogP contribution in [0, 0.1) is 29.6 Å². The minimum Gasteiger partial charge on any atom is -0.495 e. The van der Waals surface area contributed by atoms with Crippen molar-refractivity contribution in [3.05, 3.63) is 40.8 Å². The van der Waals surface area contributed by atoms with Crippen LogP contribution in [0.1, 0.15) is 79.4 Å². The molecule has 0 radical (unpaired) electrons. The van der Waals surface area contributed by atoms with Gasteiger partial charge in [0.1, 0.15) is 5.75 Å². The lowest BCUT2D eigenvalue weighted by atomic mass is 9.73. The molecule has 4 nitrogen and oxygen atoms in total. The number of benzene rings is 1. The molecule has 2 saturated carbocycles. The lowest BCUT2D eigenvalue weighted by molar-refractivity contribution is 0.0696. The number of hydrogen-bond donors (Lipinski definition) is 2. The molecule has 6 heteroatoms. The zero-order chi connectivity index (χ0) is 23.0. The molecule has 2 aliphatic rings. The lowest BCUT2D eigenvalue weighted by Gasteiger charge is -2.32. The van der Waals surface area contributed by atoms with Crippen LogP contribution in [0.5, 0.6) is 5.75 Å². The van der Waals surface area contributed by atoms with E-state index in [2.05, 4.69) is 28.7 Å². The fourth-order valence-corrected chi connectivity index (χ4v) is 6.82. The van der Waals surface area contributed by atoms with E-state index in [9.17, 15) is 4.79 Å². The smallest absolute Gasteiger partial charge is 0.335 e. The number of hydrogen-bond acceptors (Lipinski definition) is 5. The summed E-state index contributed by atoms with van der Waals surface area (Å²) in [5.41, 5.74) is 0.957. The van der Waals surface area contributed by atoms with Crippen molar-refractivity contribution >= 4 is 34.9 Å². The van der Waals surface area contributed by atoms with Crippen LogP contribution in [0.25, 0.3) is 0 Å². The molecule has 0 spiro atoms.